The third-order valence-electron chi connectivity index (χ3n) is 2.46. The Kier molecular flexibility index (Phi) is 4.05. The van der Waals surface area contributed by atoms with Crippen LogP contribution in [0.25, 0.3) is 0 Å². The summed E-state index contributed by atoms with van der Waals surface area (Å²) >= 11 is 0. The molecule has 5 nitrogen and oxygen atoms in total. The maximum Gasteiger partial charge on any atom is 0.261 e. The molecule has 1 radical (unpaired) electrons. The molecule has 2 rings (SSSR count). The van der Waals surface area contributed by atoms with Gasteiger partial charge in [0, 0.05) is 18.3 Å². The molecule has 0 saturated carbocycles. The predicted octanol–water partition coefficient (Wildman–Crippen LogP) is 2.25. The van der Waals surface area contributed by atoms with Crippen molar-refractivity contribution in [2.45, 2.75) is 11.8 Å². The van der Waals surface area contributed by atoms with Crippen molar-refractivity contribution in [2.24, 2.45) is 0 Å². The van der Waals surface area contributed by atoms with E-state index >= 15 is 0 Å². The number of anilines is 2. The molecular formula is C14H13N2O3S. The normalized spacial score (nSPS) is 10.8. The van der Waals surface area contributed by atoms with Crippen molar-refractivity contribution >= 4 is 27.3 Å². The van der Waals surface area contributed by atoms with Crippen LogP contribution < -0.4 is 10.0 Å². The van der Waals surface area contributed by atoms with E-state index in [4.69, 9.17) is 0 Å². The maximum atomic E-state index is 12.1. The van der Waals surface area contributed by atoms with Crippen LogP contribution >= 0.6 is 0 Å². The van der Waals surface area contributed by atoms with Gasteiger partial charge >= 0.3 is 0 Å². The molecule has 0 atom stereocenters. The molecule has 0 aliphatic heterocycles. The third kappa shape index (κ3) is 3.58. The van der Waals surface area contributed by atoms with Crippen molar-refractivity contribution in [1.29, 1.82) is 0 Å². The molecule has 6 heteroatoms. The summed E-state index contributed by atoms with van der Waals surface area (Å²) in [6.07, 6.45) is 0. The van der Waals surface area contributed by atoms with Gasteiger partial charge in [-0.2, -0.15) is 0 Å². The van der Waals surface area contributed by atoms with E-state index < -0.39 is 10.0 Å². The van der Waals surface area contributed by atoms with Crippen LogP contribution in [0.4, 0.5) is 11.4 Å². The summed E-state index contributed by atoms with van der Waals surface area (Å²) in [5.41, 5.74) is 1.03. The summed E-state index contributed by atoms with van der Waals surface area (Å²) in [6.45, 7) is 1.41. The minimum atomic E-state index is -3.61. The number of hydrogen-bond donors (Lipinski definition) is 2. The molecule has 0 fully saturated rings. The predicted molar refractivity (Wildman–Crippen MR) is 76.8 cm³/mol. The molecule has 2 aromatic rings. The summed E-state index contributed by atoms with van der Waals surface area (Å²) in [4.78, 5) is 11.1. The standard InChI is InChI=1S/C14H13N2O3S/c1-11(17)15-12-7-9-13(10-8-12)16-20(18,19)14-5-3-2-4-6-14/h3-10,16H,1H3,(H,15,17). The Morgan fingerprint density at radius 3 is 2.10 bits per heavy atom. The molecule has 103 valence electrons. The summed E-state index contributed by atoms with van der Waals surface area (Å²) in [6, 6.07) is 15.2. The first-order valence-electron chi connectivity index (χ1n) is 5.84. The van der Waals surface area contributed by atoms with Gasteiger partial charge in [-0.3, -0.25) is 9.52 Å². The van der Waals surface area contributed by atoms with E-state index in [1.54, 1.807) is 24.3 Å². The molecule has 0 aromatic heterocycles. The molecule has 0 spiro atoms. The lowest BCUT2D eigenvalue weighted by atomic mass is 10.3. The number of carbonyl (C=O) groups excluding carboxylic acids is 1. The largest absolute Gasteiger partial charge is 0.326 e. The SMILES string of the molecule is CC(=O)Nc1ccc(NS(=O)(=O)c2cc[c]cc2)cc1. The molecule has 2 N–H and O–H groups in total. The smallest absolute Gasteiger partial charge is 0.261 e. The average molecular weight is 289 g/mol. The maximum absolute atomic E-state index is 12.1. The van der Waals surface area contributed by atoms with Gasteiger partial charge in [-0.05, 0) is 42.5 Å². The number of carbonyl (C=O) groups is 1. The lowest BCUT2D eigenvalue weighted by Crippen LogP contribution is -2.13. The zero-order valence-corrected chi connectivity index (χ0v) is 11.6. The van der Waals surface area contributed by atoms with Crippen LogP contribution in [0.5, 0.6) is 0 Å². The van der Waals surface area contributed by atoms with Gasteiger partial charge in [-0.15, -0.1) is 0 Å². The summed E-state index contributed by atoms with van der Waals surface area (Å²) in [5, 5.41) is 2.61. The Morgan fingerprint density at radius 2 is 1.55 bits per heavy atom. The number of rotatable bonds is 4. The highest BCUT2D eigenvalue weighted by Crippen LogP contribution is 2.18. The molecule has 0 saturated heterocycles. The van der Waals surface area contributed by atoms with Crippen molar-refractivity contribution in [1.82, 2.24) is 0 Å². The zero-order chi connectivity index (χ0) is 14.6. The second-order valence-electron chi connectivity index (χ2n) is 4.10. The van der Waals surface area contributed by atoms with Gasteiger partial charge in [0.1, 0.15) is 0 Å². The van der Waals surface area contributed by atoms with Crippen molar-refractivity contribution in [3.05, 3.63) is 54.6 Å². The van der Waals surface area contributed by atoms with Crippen molar-refractivity contribution < 1.29 is 13.2 Å². The highest BCUT2D eigenvalue weighted by Gasteiger charge is 2.13. The minimum Gasteiger partial charge on any atom is -0.326 e. The fraction of sp³-hybridized carbons (Fsp3) is 0.0714. The van der Waals surface area contributed by atoms with Crippen LogP contribution in [0.1, 0.15) is 6.92 Å². The van der Waals surface area contributed by atoms with Crippen LogP contribution in [0.3, 0.4) is 0 Å². The lowest BCUT2D eigenvalue weighted by Gasteiger charge is -2.09. The van der Waals surface area contributed by atoms with E-state index in [9.17, 15) is 13.2 Å². The minimum absolute atomic E-state index is 0.169. The van der Waals surface area contributed by atoms with E-state index in [0.717, 1.165) is 0 Å². The van der Waals surface area contributed by atoms with Crippen LogP contribution in [0.15, 0.2) is 53.4 Å². The first-order chi connectivity index (χ1) is 9.47. The number of sulfonamides is 1. The fourth-order valence-corrected chi connectivity index (χ4v) is 2.65. The Balaban J connectivity index is 2.16. The number of amides is 1. The highest BCUT2D eigenvalue weighted by atomic mass is 32.2. The molecule has 0 bridgehead atoms. The molecule has 0 unspecified atom stereocenters. The first kappa shape index (κ1) is 14.1. The average Bonchev–Trinajstić information content (AvgIpc) is 2.41. The number of hydrogen-bond acceptors (Lipinski definition) is 3. The van der Waals surface area contributed by atoms with Crippen LogP contribution in [-0.2, 0) is 14.8 Å². The van der Waals surface area contributed by atoms with Gasteiger partial charge in [-0.1, -0.05) is 12.1 Å². The van der Waals surface area contributed by atoms with E-state index in [-0.39, 0.29) is 10.8 Å². The van der Waals surface area contributed by atoms with E-state index in [2.05, 4.69) is 16.1 Å². The summed E-state index contributed by atoms with van der Waals surface area (Å²) in [5.74, 6) is -0.182. The highest BCUT2D eigenvalue weighted by molar-refractivity contribution is 7.92. The monoisotopic (exact) mass is 289 g/mol. The summed E-state index contributed by atoms with van der Waals surface area (Å²) < 4.78 is 26.6. The van der Waals surface area contributed by atoms with E-state index in [0.29, 0.717) is 11.4 Å². The third-order valence-corrected chi connectivity index (χ3v) is 3.85. The van der Waals surface area contributed by atoms with E-state index in [1.807, 2.05) is 0 Å². The second-order valence-corrected chi connectivity index (χ2v) is 5.78. The molecule has 0 heterocycles. The Labute approximate surface area is 117 Å². The van der Waals surface area contributed by atoms with Gasteiger partial charge in [-0.25, -0.2) is 8.42 Å². The van der Waals surface area contributed by atoms with Gasteiger partial charge in [0.25, 0.3) is 10.0 Å². The van der Waals surface area contributed by atoms with Gasteiger partial charge < -0.3 is 5.32 Å². The van der Waals surface area contributed by atoms with Crippen LogP contribution in [0.2, 0.25) is 0 Å². The number of benzene rings is 2. The molecular weight excluding hydrogens is 276 g/mol. The van der Waals surface area contributed by atoms with E-state index in [1.165, 1.54) is 31.2 Å². The second kappa shape index (κ2) is 5.75. The molecule has 20 heavy (non-hydrogen) atoms. The van der Waals surface area contributed by atoms with Crippen molar-refractivity contribution in [3.63, 3.8) is 0 Å². The zero-order valence-electron chi connectivity index (χ0n) is 10.8. The van der Waals surface area contributed by atoms with Gasteiger partial charge in [0.15, 0.2) is 0 Å². The van der Waals surface area contributed by atoms with Crippen LogP contribution in [0, 0.1) is 6.07 Å². The Bertz CT molecular complexity index is 695. The van der Waals surface area contributed by atoms with Crippen molar-refractivity contribution in [3.8, 4) is 0 Å². The van der Waals surface area contributed by atoms with Crippen molar-refractivity contribution in [2.75, 3.05) is 10.0 Å². The molecule has 0 aliphatic rings. The topological polar surface area (TPSA) is 75.3 Å². The lowest BCUT2D eigenvalue weighted by molar-refractivity contribution is -0.114. The Morgan fingerprint density at radius 1 is 1.00 bits per heavy atom. The fourth-order valence-electron chi connectivity index (χ4n) is 1.59. The molecule has 2 aromatic carbocycles. The van der Waals surface area contributed by atoms with Gasteiger partial charge in [0.2, 0.25) is 5.91 Å². The van der Waals surface area contributed by atoms with Crippen LogP contribution in [-0.4, -0.2) is 14.3 Å². The molecule has 0 aliphatic carbocycles. The van der Waals surface area contributed by atoms with Gasteiger partial charge in [0.05, 0.1) is 4.90 Å². The number of nitrogens with one attached hydrogen (secondary N) is 2. The summed E-state index contributed by atoms with van der Waals surface area (Å²) in [7, 11) is -3.61. The Hall–Kier alpha value is -2.34. The first-order valence-corrected chi connectivity index (χ1v) is 7.32. The molecule has 1 amide bonds. The quantitative estimate of drug-likeness (QED) is 0.906.